The molecule has 2 atom stereocenters. The van der Waals surface area contributed by atoms with Gasteiger partial charge in [-0.05, 0) is 18.4 Å². The van der Waals surface area contributed by atoms with Gasteiger partial charge in [0.1, 0.15) is 0 Å². The van der Waals surface area contributed by atoms with E-state index < -0.39 is 12.1 Å². The summed E-state index contributed by atoms with van der Waals surface area (Å²) in [6.45, 7) is 1.10. The van der Waals surface area contributed by atoms with Crippen LogP contribution in [0.4, 0.5) is 13.2 Å². The summed E-state index contributed by atoms with van der Waals surface area (Å²) in [5.41, 5.74) is 1.16. The third-order valence-electron chi connectivity index (χ3n) is 4.37. The highest BCUT2D eigenvalue weighted by Crippen LogP contribution is 2.33. The average molecular weight is 298 g/mol. The molecule has 0 aromatic heterocycles. The topological polar surface area (TPSA) is 23.6 Å². The first-order chi connectivity index (χ1) is 9.95. The number of fused-ring (bicyclic) bond motifs is 2. The van der Waals surface area contributed by atoms with E-state index in [4.69, 9.17) is 0 Å². The van der Waals surface area contributed by atoms with Gasteiger partial charge in [0.15, 0.2) is 0 Å². The van der Waals surface area contributed by atoms with Crippen molar-refractivity contribution in [1.29, 1.82) is 0 Å². The van der Waals surface area contributed by atoms with Gasteiger partial charge in [0.2, 0.25) is 0 Å². The van der Waals surface area contributed by atoms with Crippen LogP contribution in [-0.2, 0) is 11.3 Å². The minimum absolute atomic E-state index is 0.0373. The fourth-order valence-electron chi connectivity index (χ4n) is 3.39. The highest BCUT2D eigenvalue weighted by Gasteiger charge is 2.48. The van der Waals surface area contributed by atoms with E-state index in [0.717, 1.165) is 29.8 Å². The van der Waals surface area contributed by atoms with Crippen molar-refractivity contribution in [2.24, 2.45) is 0 Å². The van der Waals surface area contributed by atoms with Crippen LogP contribution < -0.4 is 0 Å². The van der Waals surface area contributed by atoms with E-state index in [1.54, 1.807) is 0 Å². The number of hydrogen-bond donors (Lipinski definition) is 0. The van der Waals surface area contributed by atoms with E-state index in [0.29, 0.717) is 0 Å². The Bertz CT molecular complexity index is 503. The average Bonchev–Trinajstić information content (AvgIpc) is 2.69. The molecule has 2 saturated heterocycles. The lowest BCUT2D eigenvalue weighted by Gasteiger charge is -2.41. The zero-order chi connectivity index (χ0) is 15.0. The van der Waals surface area contributed by atoms with E-state index in [2.05, 4.69) is 4.90 Å². The first kappa shape index (κ1) is 14.4. The third-order valence-corrected chi connectivity index (χ3v) is 4.37. The molecule has 0 unspecified atom stereocenters. The third kappa shape index (κ3) is 2.90. The minimum Gasteiger partial charge on any atom is -0.332 e. The van der Waals surface area contributed by atoms with Crippen molar-refractivity contribution >= 4 is 5.91 Å². The molecule has 1 aromatic rings. The Labute approximate surface area is 121 Å². The molecule has 0 aliphatic carbocycles. The first-order valence-corrected chi connectivity index (χ1v) is 7.11. The van der Waals surface area contributed by atoms with Gasteiger partial charge in [0.25, 0.3) is 0 Å². The highest BCUT2D eigenvalue weighted by atomic mass is 19.4. The SMILES string of the molecule is O=C(N1C[C@@H]2CC[C@@H](C1)N2Cc1ccccc1)C(F)(F)F. The number of piperazine rings is 1. The van der Waals surface area contributed by atoms with Gasteiger partial charge in [0.05, 0.1) is 0 Å². The number of nitrogens with zero attached hydrogens (tertiary/aromatic N) is 2. The van der Waals surface area contributed by atoms with Crippen LogP contribution in [0.2, 0.25) is 0 Å². The van der Waals surface area contributed by atoms with Crippen molar-refractivity contribution in [2.75, 3.05) is 13.1 Å². The summed E-state index contributed by atoms with van der Waals surface area (Å²) in [6.07, 6.45) is -3.04. The molecule has 2 aliphatic rings. The van der Waals surface area contributed by atoms with Crippen molar-refractivity contribution in [3.8, 4) is 0 Å². The number of carbonyl (C=O) groups excluding carboxylic acids is 1. The van der Waals surface area contributed by atoms with Crippen LogP contribution in [0.3, 0.4) is 0 Å². The minimum atomic E-state index is -4.76. The molecule has 2 fully saturated rings. The smallest absolute Gasteiger partial charge is 0.332 e. The second kappa shape index (κ2) is 5.33. The molecule has 0 radical (unpaired) electrons. The van der Waals surface area contributed by atoms with Gasteiger partial charge in [-0.3, -0.25) is 9.69 Å². The molecule has 114 valence electrons. The molecule has 1 amide bonds. The molecule has 2 aliphatic heterocycles. The molecule has 0 N–H and O–H groups in total. The zero-order valence-electron chi connectivity index (χ0n) is 11.5. The van der Waals surface area contributed by atoms with E-state index in [1.165, 1.54) is 0 Å². The van der Waals surface area contributed by atoms with Gasteiger partial charge in [-0.2, -0.15) is 13.2 Å². The standard InChI is InChI=1S/C15H17F3N2O/c16-15(17,18)14(21)19-9-12-6-7-13(10-19)20(12)8-11-4-2-1-3-5-11/h1-5,12-13H,6-10H2/t12-,13-/m0/s1. The van der Waals surface area contributed by atoms with Gasteiger partial charge in [-0.15, -0.1) is 0 Å². The molecule has 21 heavy (non-hydrogen) atoms. The Morgan fingerprint density at radius 1 is 1.10 bits per heavy atom. The van der Waals surface area contributed by atoms with E-state index in [-0.39, 0.29) is 25.2 Å². The van der Waals surface area contributed by atoms with Crippen LogP contribution >= 0.6 is 0 Å². The molecule has 6 heteroatoms. The molecule has 3 rings (SSSR count). The zero-order valence-corrected chi connectivity index (χ0v) is 11.5. The van der Waals surface area contributed by atoms with E-state index in [9.17, 15) is 18.0 Å². The van der Waals surface area contributed by atoms with Crippen LogP contribution in [0.5, 0.6) is 0 Å². The Balaban J connectivity index is 1.69. The second-order valence-corrected chi connectivity index (χ2v) is 5.75. The fraction of sp³-hybridized carbons (Fsp3) is 0.533. The molecule has 2 bridgehead atoms. The summed E-state index contributed by atoms with van der Waals surface area (Å²) >= 11 is 0. The van der Waals surface area contributed by atoms with Gasteiger partial charge >= 0.3 is 12.1 Å². The molecular formula is C15H17F3N2O. The maximum atomic E-state index is 12.5. The molecular weight excluding hydrogens is 281 g/mol. The lowest BCUT2D eigenvalue weighted by atomic mass is 10.1. The summed E-state index contributed by atoms with van der Waals surface area (Å²) in [4.78, 5) is 14.6. The lowest BCUT2D eigenvalue weighted by molar-refractivity contribution is -0.188. The summed E-state index contributed by atoms with van der Waals surface area (Å²) in [5.74, 6) is -1.70. The quantitative estimate of drug-likeness (QED) is 0.837. The Morgan fingerprint density at radius 2 is 1.67 bits per heavy atom. The number of alkyl halides is 3. The maximum Gasteiger partial charge on any atom is 0.471 e. The summed E-state index contributed by atoms with van der Waals surface area (Å²) in [5, 5.41) is 0. The van der Waals surface area contributed by atoms with Gasteiger partial charge < -0.3 is 4.90 Å². The van der Waals surface area contributed by atoms with Crippen LogP contribution in [0.25, 0.3) is 0 Å². The molecule has 1 aromatic carbocycles. The number of amides is 1. The van der Waals surface area contributed by atoms with Crippen molar-refractivity contribution in [1.82, 2.24) is 9.80 Å². The number of likely N-dealkylation sites (tertiary alicyclic amines) is 1. The van der Waals surface area contributed by atoms with Gasteiger partial charge in [-0.25, -0.2) is 0 Å². The van der Waals surface area contributed by atoms with Crippen molar-refractivity contribution in [3.63, 3.8) is 0 Å². The summed E-state index contributed by atoms with van der Waals surface area (Å²) in [6, 6.07) is 9.98. The normalized spacial score (nSPS) is 26.1. The number of carbonyl (C=O) groups is 1. The largest absolute Gasteiger partial charge is 0.471 e. The molecule has 0 spiro atoms. The van der Waals surface area contributed by atoms with Crippen molar-refractivity contribution in [3.05, 3.63) is 35.9 Å². The van der Waals surface area contributed by atoms with Crippen LogP contribution in [-0.4, -0.2) is 47.1 Å². The highest BCUT2D eigenvalue weighted by molar-refractivity contribution is 5.82. The van der Waals surface area contributed by atoms with Gasteiger partial charge in [0, 0.05) is 31.7 Å². The number of halogens is 3. The monoisotopic (exact) mass is 298 g/mol. The predicted octanol–water partition coefficient (Wildman–Crippen LogP) is 2.42. The number of benzene rings is 1. The van der Waals surface area contributed by atoms with Crippen LogP contribution in [0.1, 0.15) is 18.4 Å². The van der Waals surface area contributed by atoms with E-state index >= 15 is 0 Å². The van der Waals surface area contributed by atoms with Gasteiger partial charge in [-0.1, -0.05) is 30.3 Å². The van der Waals surface area contributed by atoms with Crippen LogP contribution in [0.15, 0.2) is 30.3 Å². The Hall–Kier alpha value is -1.56. The van der Waals surface area contributed by atoms with E-state index in [1.807, 2.05) is 30.3 Å². The first-order valence-electron chi connectivity index (χ1n) is 7.11. The second-order valence-electron chi connectivity index (χ2n) is 5.75. The summed E-state index contributed by atoms with van der Waals surface area (Å²) < 4.78 is 37.6. The number of hydrogen-bond acceptors (Lipinski definition) is 2. The van der Waals surface area contributed by atoms with Crippen molar-refractivity contribution < 1.29 is 18.0 Å². The lowest BCUT2D eigenvalue weighted by Crippen LogP contribution is -2.57. The predicted molar refractivity (Wildman–Crippen MR) is 71.4 cm³/mol. The Morgan fingerprint density at radius 3 is 2.19 bits per heavy atom. The Kier molecular flexibility index (Phi) is 3.65. The number of rotatable bonds is 2. The van der Waals surface area contributed by atoms with Crippen LogP contribution in [0, 0.1) is 0 Å². The molecule has 3 nitrogen and oxygen atoms in total. The van der Waals surface area contributed by atoms with Crippen molar-refractivity contribution in [2.45, 2.75) is 37.6 Å². The fourth-order valence-corrected chi connectivity index (χ4v) is 3.39. The summed E-state index contributed by atoms with van der Waals surface area (Å²) in [7, 11) is 0. The maximum absolute atomic E-state index is 12.5. The molecule has 2 heterocycles. The molecule has 0 saturated carbocycles.